The maximum Gasteiger partial charge on any atom is 0.238 e. The highest BCUT2D eigenvalue weighted by Gasteiger charge is 2.25. The van der Waals surface area contributed by atoms with Crippen LogP contribution in [0, 0.1) is 0 Å². The van der Waals surface area contributed by atoms with Crippen molar-refractivity contribution in [2.24, 2.45) is 0 Å². The second-order valence-electron chi connectivity index (χ2n) is 12.9. The summed E-state index contributed by atoms with van der Waals surface area (Å²) in [5.74, 6) is -1.30. The number of benzene rings is 8. The number of hydrogen-bond donors (Lipinski definition) is 0. The summed E-state index contributed by atoms with van der Waals surface area (Å²) in [6.45, 7) is 0. The smallest absolute Gasteiger partial charge is 0.238 e. The van der Waals surface area contributed by atoms with Crippen LogP contribution in [0.5, 0.6) is 0 Å². The molecule has 0 fully saturated rings. The summed E-state index contributed by atoms with van der Waals surface area (Å²) in [5, 5.41) is 1.72. The van der Waals surface area contributed by atoms with E-state index in [1.165, 1.54) is 0 Å². The third-order valence-corrected chi connectivity index (χ3v) is 9.82. The Bertz CT molecular complexity index is 4570. The van der Waals surface area contributed by atoms with Gasteiger partial charge in [-0.25, -0.2) is 4.98 Å². The molecule has 0 amide bonds. The largest absolute Gasteiger partial charge is 0.454 e. The lowest BCUT2D eigenvalue weighted by atomic mass is 10.0. The number of aromatic nitrogens is 5. The molecule has 0 aliphatic heterocycles. The molecule has 0 aliphatic rings. The van der Waals surface area contributed by atoms with Gasteiger partial charge in [0, 0.05) is 43.4 Å². The first-order valence-electron chi connectivity index (χ1n) is 27.5. The molecule has 6 heteroatoms. The van der Waals surface area contributed by atoms with Gasteiger partial charge in [0.25, 0.3) is 0 Å². The first-order chi connectivity index (χ1) is 36.6. The number of fused-ring (bicyclic) bond motifs is 10. The zero-order chi connectivity index (χ0) is 54.9. The normalized spacial score (nSPS) is 16.8. The van der Waals surface area contributed by atoms with Crippen LogP contribution < -0.4 is 0 Å². The van der Waals surface area contributed by atoms with E-state index < -0.39 is 144 Å². The predicted molar refractivity (Wildman–Crippen MR) is 232 cm³/mol. The monoisotopic (exact) mass is 749 g/mol. The molecule has 4 aromatic heterocycles. The zero-order valence-electron chi connectivity index (χ0n) is 49.0. The lowest BCUT2D eigenvalue weighted by Crippen LogP contribution is -2.06. The van der Waals surface area contributed by atoms with Gasteiger partial charge in [-0.1, -0.05) is 151 Å². The molecule has 0 saturated carbocycles. The van der Waals surface area contributed by atoms with E-state index in [4.69, 9.17) is 39.1 Å². The average molecular weight is 750 g/mol. The fourth-order valence-corrected chi connectivity index (χ4v) is 7.51. The van der Waals surface area contributed by atoms with E-state index >= 15 is 0 Å². The minimum absolute atomic E-state index is 0.119. The van der Waals surface area contributed by atoms with Gasteiger partial charge >= 0.3 is 0 Å². The van der Waals surface area contributed by atoms with E-state index in [9.17, 15) is 2.74 Å². The van der Waals surface area contributed by atoms with Gasteiger partial charge in [-0.05, 0) is 47.5 Å². The van der Waals surface area contributed by atoms with E-state index in [1.54, 1.807) is 63.7 Å². The number of hydrogen-bond acceptors (Lipinski definition) is 4. The summed E-state index contributed by atoms with van der Waals surface area (Å²) in [5.41, 5.74) is -0.697. The molecule has 4 heterocycles. The van der Waals surface area contributed by atoms with E-state index in [0.29, 0.717) is 43.6 Å². The van der Waals surface area contributed by atoms with E-state index in [1.807, 2.05) is 6.07 Å². The maximum absolute atomic E-state index is 10.1. The van der Waals surface area contributed by atoms with Crippen molar-refractivity contribution in [2.45, 2.75) is 0 Å². The summed E-state index contributed by atoms with van der Waals surface area (Å²) in [6, 6.07) is 5.82. The molecule has 12 aromatic rings. The van der Waals surface area contributed by atoms with Crippen LogP contribution in [0.25, 0.3) is 111 Å². The molecule has 266 valence electrons. The van der Waals surface area contributed by atoms with Crippen molar-refractivity contribution in [3.8, 4) is 45.5 Å². The molecule has 0 aliphatic carbocycles. The zero-order valence-corrected chi connectivity index (χ0v) is 29.0. The fourth-order valence-electron chi connectivity index (χ4n) is 7.51. The minimum atomic E-state index is -0.724. The van der Waals surface area contributed by atoms with E-state index in [-0.39, 0.29) is 44.7 Å². The Morgan fingerprint density at radius 1 is 0.439 bits per heavy atom. The van der Waals surface area contributed by atoms with Crippen LogP contribution in [0.3, 0.4) is 0 Å². The topological polar surface area (TPSA) is 61.7 Å². The van der Waals surface area contributed by atoms with Crippen molar-refractivity contribution in [3.05, 3.63) is 188 Å². The lowest BCUT2D eigenvalue weighted by Gasteiger charge is -2.13. The molecule has 0 saturated heterocycles. The molecule has 0 atom stereocenters. The molecular formula is C51H31N5O. The number of para-hydroxylation sites is 3. The summed E-state index contributed by atoms with van der Waals surface area (Å²) in [7, 11) is 0. The minimum Gasteiger partial charge on any atom is -0.454 e. The second-order valence-corrected chi connectivity index (χ2v) is 12.9. The maximum atomic E-state index is 10.1. The van der Waals surface area contributed by atoms with Crippen LogP contribution in [0.2, 0.25) is 0 Å². The van der Waals surface area contributed by atoms with Crippen molar-refractivity contribution in [2.75, 3.05) is 0 Å². The SMILES string of the molecule is [2H]c1cc(-c2c([2H])c(-n3c4ccccc4c4c3ccc3c5ccccc5n(-c5nc(-c6c([2H])c([2H])c([2H])c([2H])c6[2H])nc(-c6c([2H])c([2H])c([2H])c([2H])c6[2H])n5)c34)c3oc4c([2H])c([2H])c([2H])c([2H])c4c3c2[2H])c([2H])c([2H])c1[2H]. The highest BCUT2D eigenvalue weighted by atomic mass is 16.3. The Kier molecular flexibility index (Phi) is 3.85. The Balaban J connectivity index is 1.28. The van der Waals surface area contributed by atoms with Gasteiger partial charge in [0.05, 0.1) is 55.2 Å². The van der Waals surface area contributed by atoms with Gasteiger partial charge in [-0.15, -0.1) is 0 Å². The van der Waals surface area contributed by atoms with Crippen LogP contribution in [0.4, 0.5) is 0 Å². The van der Waals surface area contributed by atoms with Crippen LogP contribution in [-0.2, 0) is 0 Å². The molecule has 0 N–H and O–H groups in total. The molecular weight excluding hydrogens is 699 g/mol. The Morgan fingerprint density at radius 3 is 1.82 bits per heavy atom. The molecule has 0 unspecified atom stereocenters. The van der Waals surface area contributed by atoms with Crippen molar-refractivity contribution < 1.29 is 31.8 Å². The van der Waals surface area contributed by atoms with Gasteiger partial charge in [0.2, 0.25) is 5.95 Å². The summed E-state index contributed by atoms with van der Waals surface area (Å²) in [4.78, 5) is 14.1. The fraction of sp³-hybridized carbons (Fsp3) is 0. The Morgan fingerprint density at radius 2 is 1.07 bits per heavy atom. The van der Waals surface area contributed by atoms with E-state index in [2.05, 4.69) is 4.98 Å². The number of rotatable bonds is 5. The van der Waals surface area contributed by atoms with Crippen LogP contribution in [0.1, 0.15) is 27.4 Å². The molecule has 8 aromatic carbocycles. The molecule has 57 heavy (non-hydrogen) atoms. The van der Waals surface area contributed by atoms with Gasteiger partial charge < -0.3 is 8.98 Å². The molecule has 0 spiro atoms. The molecule has 6 nitrogen and oxygen atoms in total. The highest BCUT2D eigenvalue weighted by molar-refractivity contribution is 6.26. The third-order valence-electron chi connectivity index (χ3n) is 9.82. The molecule has 0 radical (unpaired) electrons. The quantitative estimate of drug-likeness (QED) is 0.176. The highest BCUT2D eigenvalue weighted by Crippen LogP contribution is 2.44. The lowest BCUT2D eigenvalue weighted by molar-refractivity contribution is 0.666. The van der Waals surface area contributed by atoms with Crippen molar-refractivity contribution in [1.82, 2.24) is 24.1 Å². The summed E-state index contributed by atoms with van der Waals surface area (Å²) in [6.07, 6.45) is 0. The van der Waals surface area contributed by atoms with E-state index in [0.717, 1.165) is 6.07 Å². The van der Waals surface area contributed by atoms with Crippen molar-refractivity contribution in [1.29, 1.82) is 0 Å². The Hall–Kier alpha value is -7.83. The summed E-state index contributed by atoms with van der Waals surface area (Å²) < 4.78 is 186. The third kappa shape index (κ3) is 4.81. The average Bonchev–Trinajstić information content (AvgIpc) is 4.15. The molecule has 12 rings (SSSR count). The van der Waals surface area contributed by atoms with Crippen LogP contribution >= 0.6 is 0 Å². The van der Waals surface area contributed by atoms with Gasteiger partial charge in [0.15, 0.2) is 17.2 Å². The first kappa shape index (κ1) is 17.8. The second kappa shape index (κ2) is 12.3. The van der Waals surface area contributed by atoms with Gasteiger partial charge in [0.1, 0.15) is 5.58 Å². The number of furan rings is 1. The standard InChI is InChI=1S/C51H31N5O/c1-4-16-32(17-5-1)35-30-40-37-23-12-15-27-45(37)57-48(40)44(31-35)55-42-26-14-11-24-39(42)46-43(55)29-28-38-36-22-10-13-25-41(36)56(47(38)46)51-53-49(33-18-6-2-7-19-33)52-50(54-51)34-20-8-3-9-21-34/h1-31H/i1D,2D,3D,4D,5D,6D,7D,8D,9D,12D,15D,16D,18D,19D,20D,21D,23D,27D,30D,31D. The Labute approximate surface area is 354 Å². The van der Waals surface area contributed by atoms with Gasteiger partial charge in [-0.3, -0.25) is 4.57 Å². The van der Waals surface area contributed by atoms with Crippen LogP contribution in [-0.4, -0.2) is 24.1 Å². The predicted octanol–water partition coefficient (Wildman–Crippen LogP) is 13.0. The van der Waals surface area contributed by atoms with Crippen molar-refractivity contribution in [3.63, 3.8) is 0 Å². The van der Waals surface area contributed by atoms with Gasteiger partial charge in [-0.2, -0.15) is 9.97 Å². The molecule has 0 bridgehead atoms. The van der Waals surface area contributed by atoms with Crippen LogP contribution in [0.15, 0.2) is 192 Å². The number of nitrogens with zero attached hydrogens (tertiary/aromatic N) is 5. The van der Waals surface area contributed by atoms with Crippen molar-refractivity contribution >= 4 is 65.6 Å². The first-order valence-corrected chi connectivity index (χ1v) is 17.5. The summed E-state index contributed by atoms with van der Waals surface area (Å²) >= 11 is 0.